The van der Waals surface area contributed by atoms with Crippen molar-refractivity contribution in [1.82, 2.24) is 5.32 Å². The van der Waals surface area contributed by atoms with Gasteiger partial charge in [0.25, 0.3) is 5.91 Å². The van der Waals surface area contributed by atoms with Gasteiger partial charge in [0.15, 0.2) is 0 Å². The highest BCUT2D eigenvalue weighted by atomic mass is 79.9. The molecule has 5 heteroatoms. The van der Waals surface area contributed by atoms with Gasteiger partial charge >= 0.3 is 0 Å². The summed E-state index contributed by atoms with van der Waals surface area (Å²) in [6.07, 6.45) is 0. The fourth-order valence-corrected chi connectivity index (χ4v) is 3.33. The highest BCUT2D eigenvalue weighted by molar-refractivity contribution is 9.10. The average Bonchev–Trinajstić information content (AvgIpc) is 2.84. The van der Waals surface area contributed by atoms with Crippen molar-refractivity contribution in [3.05, 3.63) is 43.9 Å². The highest BCUT2D eigenvalue weighted by Gasteiger charge is 2.18. The molecule has 1 unspecified atom stereocenters. The number of carbonyl (C=O) groups excluding carboxylic acids is 1. The lowest BCUT2D eigenvalue weighted by Crippen LogP contribution is -2.26. The summed E-state index contributed by atoms with van der Waals surface area (Å²) in [4.78, 5) is 12.8. The molecule has 2 heterocycles. The Labute approximate surface area is 118 Å². The minimum atomic E-state index is -0.0670. The van der Waals surface area contributed by atoms with Crippen LogP contribution in [0.1, 0.15) is 39.7 Å². The molecule has 0 aliphatic carbocycles. The molecule has 0 aliphatic heterocycles. The number of amides is 1. The number of halogens is 1. The molecule has 1 N–H and O–H groups in total. The van der Waals surface area contributed by atoms with Crippen molar-refractivity contribution in [2.45, 2.75) is 26.8 Å². The SMILES string of the molecule is Cc1cc(C(C)NC(=O)c2sccc2Br)c(C)o1. The van der Waals surface area contributed by atoms with Crippen molar-refractivity contribution in [1.29, 1.82) is 0 Å². The van der Waals surface area contributed by atoms with Gasteiger partial charge in [-0.2, -0.15) is 0 Å². The quantitative estimate of drug-likeness (QED) is 0.917. The highest BCUT2D eigenvalue weighted by Crippen LogP contribution is 2.25. The van der Waals surface area contributed by atoms with Crippen LogP contribution in [0.2, 0.25) is 0 Å². The monoisotopic (exact) mass is 327 g/mol. The predicted octanol–water partition coefficient (Wildman–Crippen LogP) is 4.21. The summed E-state index contributed by atoms with van der Waals surface area (Å²) < 4.78 is 6.30. The van der Waals surface area contributed by atoms with E-state index in [4.69, 9.17) is 4.42 Å². The lowest BCUT2D eigenvalue weighted by Gasteiger charge is -2.12. The van der Waals surface area contributed by atoms with E-state index < -0.39 is 0 Å². The van der Waals surface area contributed by atoms with Gasteiger partial charge < -0.3 is 9.73 Å². The zero-order chi connectivity index (χ0) is 13.3. The number of aryl methyl sites for hydroxylation is 2. The lowest BCUT2D eigenvalue weighted by molar-refractivity contribution is 0.0943. The standard InChI is InChI=1S/C13H14BrNO2S/c1-7-6-10(9(3)17-7)8(2)15-13(16)12-11(14)4-5-18-12/h4-6,8H,1-3H3,(H,15,16). The molecule has 3 nitrogen and oxygen atoms in total. The van der Waals surface area contributed by atoms with E-state index in [2.05, 4.69) is 21.2 Å². The minimum absolute atomic E-state index is 0.0658. The Hall–Kier alpha value is -1.07. The third-order valence-corrected chi connectivity index (χ3v) is 4.55. The van der Waals surface area contributed by atoms with E-state index >= 15 is 0 Å². The Morgan fingerprint density at radius 2 is 2.22 bits per heavy atom. The second-order valence-corrected chi connectivity index (χ2v) is 5.93. The second-order valence-electron chi connectivity index (χ2n) is 4.16. The summed E-state index contributed by atoms with van der Waals surface area (Å²) in [5.41, 5.74) is 1.02. The van der Waals surface area contributed by atoms with Crippen LogP contribution in [-0.2, 0) is 0 Å². The van der Waals surface area contributed by atoms with E-state index in [9.17, 15) is 4.79 Å². The van der Waals surface area contributed by atoms with Crippen LogP contribution < -0.4 is 5.32 Å². The molecule has 0 bridgehead atoms. The predicted molar refractivity (Wildman–Crippen MR) is 76.1 cm³/mol. The Bertz CT molecular complexity index is 573. The van der Waals surface area contributed by atoms with Crippen molar-refractivity contribution in [2.24, 2.45) is 0 Å². The fourth-order valence-electron chi connectivity index (χ4n) is 1.88. The number of hydrogen-bond donors (Lipinski definition) is 1. The average molecular weight is 328 g/mol. The Kier molecular flexibility index (Phi) is 3.92. The van der Waals surface area contributed by atoms with Gasteiger partial charge in [-0.05, 0) is 54.2 Å². The molecule has 0 spiro atoms. The summed E-state index contributed by atoms with van der Waals surface area (Å²) in [5, 5.41) is 4.86. The number of hydrogen-bond acceptors (Lipinski definition) is 3. The molecule has 1 amide bonds. The summed E-state index contributed by atoms with van der Waals surface area (Å²) >= 11 is 4.78. The van der Waals surface area contributed by atoms with Crippen LogP contribution in [0.25, 0.3) is 0 Å². The molecule has 1 atom stereocenters. The van der Waals surface area contributed by atoms with Crippen molar-refractivity contribution in [3.8, 4) is 0 Å². The van der Waals surface area contributed by atoms with Gasteiger partial charge in [0.2, 0.25) is 0 Å². The summed E-state index contributed by atoms with van der Waals surface area (Å²) in [6.45, 7) is 5.77. The van der Waals surface area contributed by atoms with E-state index in [1.807, 2.05) is 38.3 Å². The molecule has 0 aromatic carbocycles. The van der Waals surface area contributed by atoms with Gasteiger partial charge in [-0.1, -0.05) is 0 Å². The van der Waals surface area contributed by atoms with Crippen molar-refractivity contribution in [2.75, 3.05) is 0 Å². The van der Waals surface area contributed by atoms with Crippen LogP contribution in [0, 0.1) is 13.8 Å². The van der Waals surface area contributed by atoms with E-state index in [1.54, 1.807) is 0 Å². The third-order valence-electron chi connectivity index (χ3n) is 2.72. The van der Waals surface area contributed by atoms with Crippen LogP contribution in [0.3, 0.4) is 0 Å². The molecular weight excluding hydrogens is 314 g/mol. The van der Waals surface area contributed by atoms with Gasteiger partial charge in [0, 0.05) is 10.0 Å². The van der Waals surface area contributed by atoms with Crippen molar-refractivity contribution < 1.29 is 9.21 Å². The van der Waals surface area contributed by atoms with E-state index in [0.29, 0.717) is 4.88 Å². The number of rotatable bonds is 3. The second kappa shape index (κ2) is 5.28. The first-order valence-corrected chi connectivity index (χ1v) is 7.27. The molecule has 18 heavy (non-hydrogen) atoms. The zero-order valence-electron chi connectivity index (χ0n) is 10.4. The number of carbonyl (C=O) groups is 1. The van der Waals surface area contributed by atoms with Gasteiger partial charge in [0.05, 0.1) is 6.04 Å². The van der Waals surface area contributed by atoms with Crippen LogP contribution in [0.4, 0.5) is 0 Å². The minimum Gasteiger partial charge on any atom is -0.466 e. The van der Waals surface area contributed by atoms with Gasteiger partial charge in [-0.25, -0.2) is 0 Å². The molecule has 0 radical (unpaired) electrons. The molecule has 2 aromatic heterocycles. The van der Waals surface area contributed by atoms with Crippen LogP contribution >= 0.6 is 27.3 Å². The van der Waals surface area contributed by atoms with Gasteiger partial charge in [0.1, 0.15) is 16.4 Å². The fraction of sp³-hybridized carbons (Fsp3) is 0.308. The molecule has 0 aliphatic rings. The molecule has 0 saturated carbocycles. The number of thiophene rings is 1. The maximum atomic E-state index is 12.1. The van der Waals surface area contributed by atoms with E-state index in [-0.39, 0.29) is 11.9 Å². The van der Waals surface area contributed by atoms with Crippen molar-refractivity contribution in [3.63, 3.8) is 0 Å². The summed E-state index contributed by atoms with van der Waals surface area (Å²) in [7, 11) is 0. The number of nitrogens with one attached hydrogen (secondary N) is 1. The van der Waals surface area contributed by atoms with Crippen LogP contribution in [-0.4, -0.2) is 5.91 Å². The Morgan fingerprint density at radius 1 is 1.50 bits per heavy atom. The van der Waals surface area contributed by atoms with E-state index in [1.165, 1.54) is 11.3 Å². The molecule has 96 valence electrons. The molecule has 0 saturated heterocycles. The first-order valence-electron chi connectivity index (χ1n) is 5.60. The maximum absolute atomic E-state index is 12.1. The Balaban J connectivity index is 2.13. The Morgan fingerprint density at radius 3 is 2.72 bits per heavy atom. The van der Waals surface area contributed by atoms with Crippen LogP contribution in [0.5, 0.6) is 0 Å². The molecular formula is C13H14BrNO2S. The zero-order valence-corrected chi connectivity index (χ0v) is 12.8. The van der Waals surface area contributed by atoms with Crippen molar-refractivity contribution >= 4 is 33.2 Å². The largest absolute Gasteiger partial charge is 0.466 e. The topological polar surface area (TPSA) is 42.2 Å². The molecule has 0 fully saturated rings. The molecule has 2 aromatic rings. The van der Waals surface area contributed by atoms with Gasteiger partial charge in [-0.15, -0.1) is 11.3 Å². The third kappa shape index (κ3) is 2.67. The van der Waals surface area contributed by atoms with Crippen LogP contribution in [0.15, 0.2) is 26.4 Å². The number of furan rings is 1. The van der Waals surface area contributed by atoms with Gasteiger partial charge in [-0.3, -0.25) is 4.79 Å². The first kappa shape index (κ1) is 13.4. The summed E-state index contributed by atoms with van der Waals surface area (Å²) in [5.74, 6) is 1.65. The first-order chi connectivity index (χ1) is 8.49. The normalized spacial score (nSPS) is 12.4. The van der Waals surface area contributed by atoms with E-state index in [0.717, 1.165) is 21.6 Å². The molecule has 2 rings (SSSR count). The summed E-state index contributed by atoms with van der Waals surface area (Å²) in [6, 6.07) is 3.77. The smallest absolute Gasteiger partial charge is 0.262 e. The lowest BCUT2D eigenvalue weighted by atomic mass is 10.1. The maximum Gasteiger partial charge on any atom is 0.262 e.